The highest BCUT2D eigenvalue weighted by molar-refractivity contribution is 6.07. The fourth-order valence-electron chi connectivity index (χ4n) is 2.77. The van der Waals surface area contributed by atoms with Crippen LogP contribution in [0.25, 0.3) is 17.2 Å². The molecule has 3 rings (SSSR count). The van der Waals surface area contributed by atoms with Gasteiger partial charge in [0.15, 0.2) is 17.3 Å². The van der Waals surface area contributed by atoms with E-state index in [1.807, 2.05) is 42.5 Å². The van der Waals surface area contributed by atoms with E-state index in [0.717, 1.165) is 16.7 Å². The molecule has 0 saturated heterocycles. The second-order valence-electron chi connectivity index (χ2n) is 5.72. The molecule has 0 radical (unpaired) electrons. The van der Waals surface area contributed by atoms with Gasteiger partial charge in [-0.3, -0.25) is 4.79 Å². The predicted octanol–water partition coefficient (Wildman–Crippen LogP) is 5.27. The third-order valence-corrected chi connectivity index (χ3v) is 4.13. The number of carbonyl (C=O) groups is 1. The summed E-state index contributed by atoms with van der Waals surface area (Å²) in [6.45, 7) is 0. The maximum Gasteiger partial charge on any atom is 0.185 e. The summed E-state index contributed by atoms with van der Waals surface area (Å²) in [4.78, 5) is 12.6. The van der Waals surface area contributed by atoms with Crippen LogP contribution in [0.15, 0.2) is 78.9 Å². The molecule has 3 aromatic carbocycles. The monoisotopic (exact) mass is 344 g/mol. The maximum absolute atomic E-state index is 12.6. The number of hydrogen-bond donors (Lipinski definition) is 0. The van der Waals surface area contributed by atoms with Crippen LogP contribution in [0.4, 0.5) is 0 Å². The Labute approximate surface area is 153 Å². The quantitative estimate of drug-likeness (QED) is 0.451. The van der Waals surface area contributed by atoms with Crippen LogP contribution in [0.3, 0.4) is 0 Å². The SMILES string of the molecule is COc1ccc(C(=O)/C=C/c2ccccc2-c2ccccc2)cc1OC. The maximum atomic E-state index is 12.6. The third kappa shape index (κ3) is 3.83. The van der Waals surface area contributed by atoms with E-state index in [-0.39, 0.29) is 5.78 Å². The van der Waals surface area contributed by atoms with Crippen LogP contribution in [0, 0.1) is 0 Å². The second-order valence-corrected chi connectivity index (χ2v) is 5.72. The normalized spacial score (nSPS) is 10.7. The molecule has 0 amide bonds. The minimum absolute atomic E-state index is 0.0891. The first-order chi connectivity index (χ1) is 12.7. The topological polar surface area (TPSA) is 35.5 Å². The van der Waals surface area contributed by atoms with Gasteiger partial charge >= 0.3 is 0 Å². The van der Waals surface area contributed by atoms with Gasteiger partial charge in [-0.1, -0.05) is 60.7 Å². The molecule has 130 valence electrons. The van der Waals surface area contributed by atoms with Crippen molar-refractivity contribution in [3.8, 4) is 22.6 Å². The summed E-state index contributed by atoms with van der Waals surface area (Å²) in [6.07, 6.45) is 3.43. The van der Waals surface area contributed by atoms with E-state index in [4.69, 9.17) is 9.47 Å². The molecule has 0 N–H and O–H groups in total. The summed E-state index contributed by atoms with van der Waals surface area (Å²) in [5.74, 6) is 1.05. The smallest absolute Gasteiger partial charge is 0.185 e. The lowest BCUT2D eigenvalue weighted by Crippen LogP contribution is -1.97. The molecule has 0 aliphatic heterocycles. The van der Waals surface area contributed by atoms with E-state index in [1.165, 1.54) is 0 Å². The van der Waals surface area contributed by atoms with Gasteiger partial charge in [-0.05, 0) is 41.0 Å². The van der Waals surface area contributed by atoms with Crippen LogP contribution in [0.1, 0.15) is 15.9 Å². The summed E-state index contributed by atoms with van der Waals surface area (Å²) in [5, 5.41) is 0. The van der Waals surface area contributed by atoms with Crippen molar-refractivity contribution in [2.75, 3.05) is 14.2 Å². The van der Waals surface area contributed by atoms with Crippen LogP contribution >= 0.6 is 0 Å². The predicted molar refractivity (Wildman–Crippen MR) is 105 cm³/mol. The number of benzene rings is 3. The Hall–Kier alpha value is -3.33. The second kappa shape index (κ2) is 8.17. The van der Waals surface area contributed by atoms with Gasteiger partial charge < -0.3 is 9.47 Å². The van der Waals surface area contributed by atoms with Crippen LogP contribution in [-0.2, 0) is 0 Å². The number of ketones is 1. The van der Waals surface area contributed by atoms with Crippen LogP contribution in [-0.4, -0.2) is 20.0 Å². The van der Waals surface area contributed by atoms with E-state index < -0.39 is 0 Å². The molecule has 3 nitrogen and oxygen atoms in total. The molecule has 3 aromatic rings. The van der Waals surface area contributed by atoms with Crippen molar-refractivity contribution >= 4 is 11.9 Å². The Bertz CT molecular complexity index is 927. The molecule has 0 spiro atoms. The molecule has 26 heavy (non-hydrogen) atoms. The largest absolute Gasteiger partial charge is 0.493 e. The average Bonchev–Trinajstić information content (AvgIpc) is 2.72. The molecular formula is C23H20O3. The molecule has 0 atom stereocenters. The van der Waals surface area contributed by atoms with Crippen molar-refractivity contribution in [2.24, 2.45) is 0 Å². The van der Waals surface area contributed by atoms with E-state index in [1.54, 1.807) is 38.5 Å². The fourth-order valence-corrected chi connectivity index (χ4v) is 2.77. The number of methoxy groups -OCH3 is 2. The summed E-state index contributed by atoms with van der Waals surface area (Å²) < 4.78 is 10.5. The van der Waals surface area contributed by atoms with E-state index in [9.17, 15) is 4.79 Å². The van der Waals surface area contributed by atoms with E-state index in [0.29, 0.717) is 17.1 Å². The van der Waals surface area contributed by atoms with Gasteiger partial charge in [0, 0.05) is 5.56 Å². The standard InChI is InChI=1S/C23H20O3/c1-25-22-15-13-19(16-23(22)26-2)21(24)14-12-18-10-6-7-11-20(18)17-8-4-3-5-9-17/h3-16H,1-2H3/b14-12+. The van der Waals surface area contributed by atoms with E-state index in [2.05, 4.69) is 18.2 Å². The van der Waals surface area contributed by atoms with Gasteiger partial charge in [-0.15, -0.1) is 0 Å². The molecular weight excluding hydrogens is 324 g/mol. The molecule has 0 bridgehead atoms. The number of hydrogen-bond acceptors (Lipinski definition) is 3. The number of ether oxygens (including phenoxy) is 2. The summed E-state index contributed by atoms with van der Waals surface area (Å²) in [7, 11) is 3.12. The Kier molecular flexibility index (Phi) is 5.49. The summed E-state index contributed by atoms with van der Waals surface area (Å²) in [5.41, 5.74) is 3.75. The number of carbonyl (C=O) groups excluding carboxylic acids is 1. The first-order valence-corrected chi connectivity index (χ1v) is 8.32. The van der Waals surface area contributed by atoms with Gasteiger partial charge in [0.05, 0.1) is 14.2 Å². The van der Waals surface area contributed by atoms with Crippen molar-refractivity contribution in [3.05, 3.63) is 90.0 Å². The molecule has 0 fully saturated rings. The summed E-state index contributed by atoms with van der Waals surface area (Å²) in [6, 6.07) is 23.3. The molecule has 0 saturated carbocycles. The fraction of sp³-hybridized carbons (Fsp3) is 0.0870. The molecule has 0 aliphatic rings. The molecule has 0 aromatic heterocycles. The first kappa shape index (κ1) is 17.5. The summed E-state index contributed by atoms with van der Waals surface area (Å²) >= 11 is 0. The molecule has 0 unspecified atom stereocenters. The van der Waals surface area contributed by atoms with Gasteiger partial charge in [0.25, 0.3) is 0 Å². The van der Waals surface area contributed by atoms with Crippen LogP contribution in [0.2, 0.25) is 0 Å². The zero-order valence-electron chi connectivity index (χ0n) is 14.8. The van der Waals surface area contributed by atoms with E-state index >= 15 is 0 Å². The Morgan fingerprint density at radius 1 is 0.808 bits per heavy atom. The zero-order chi connectivity index (χ0) is 18.4. The van der Waals surface area contributed by atoms with Crippen LogP contribution < -0.4 is 9.47 Å². The highest BCUT2D eigenvalue weighted by Crippen LogP contribution is 2.28. The molecule has 0 aliphatic carbocycles. The van der Waals surface area contributed by atoms with Crippen molar-refractivity contribution in [2.45, 2.75) is 0 Å². The Morgan fingerprint density at radius 3 is 2.23 bits per heavy atom. The lowest BCUT2D eigenvalue weighted by Gasteiger charge is -2.08. The highest BCUT2D eigenvalue weighted by atomic mass is 16.5. The van der Waals surface area contributed by atoms with Crippen molar-refractivity contribution in [1.29, 1.82) is 0 Å². The third-order valence-electron chi connectivity index (χ3n) is 4.13. The van der Waals surface area contributed by atoms with Crippen molar-refractivity contribution < 1.29 is 14.3 Å². The van der Waals surface area contributed by atoms with Gasteiger partial charge in [-0.2, -0.15) is 0 Å². The molecule has 0 heterocycles. The Balaban J connectivity index is 1.88. The van der Waals surface area contributed by atoms with Gasteiger partial charge in [0.2, 0.25) is 0 Å². The average molecular weight is 344 g/mol. The van der Waals surface area contributed by atoms with Gasteiger partial charge in [0.1, 0.15) is 0 Å². The van der Waals surface area contributed by atoms with Gasteiger partial charge in [-0.25, -0.2) is 0 Å². The lowest BCUT2D eigenvalue weighted by molar-refractivity contribution is 0.104. The molecule has 3 heteroatoms. The highest BCUT2D eigenvalue weighted by Gasteiger charge is 2.09. The van der Waals surface area contributed by atoms with Crippen molar-refractivity contribution in [3.63, 3.8) is 0 Å². The Morgan fingerprint density at radius 2 is 1.50 bits per heavy atom. The lowest BCUT2D eigenvalue weighted by atomic mass is 9.99. The minimum atomic E-state index is -0.0891. The van der Waals surface area contributed by atoms with Crippen molar-refractivity contribution in [1.82, 2.24) is 0 Å². The minimum Gasteiger partial charge on any atom is -0.493 e. The first-order valence-electron chi connectivity index (χ1n) is 8.32. The number of rotatable bonds is 6. The number of allylic oxidation sites excluding steroid dienone is 1. The zero-order valence-corrected chi connectivity index (χ0v) is 14.8. The van der Waals surface area contributed by atoms with Crippen LogP contribution in [0.5, 0.6) is 11.5 Å².